The number of amides is 2. The number of hydrogen-bond acceptors (Lipinski definition) is 11. The fourth-order valence-electron chi connectivity index (χ4n) is 9.38. The molecule has 13 nitrogen and oxygen atoms in total. The van der Waals surface area contributed by atoms with Gasteiger partial charge in [-0.2, -0.15) is 0 Å². The van der Waals surface area contributed by atoms with Crippen LogP contribution in [0.4, 0.5) is 20.4 Å². The lowest BCUT2D eigenvalue weighted by molar-refractivity contribution is 0.0977. The predicted octanol–water partition coefficient (Wildman–Crippen LogP) is 9.99. The number of rotatable bonds is 14. The molecule has 3 atom stereocenters. The molecule has 0 saturated carbocycles. The monoisotopic (exact) mass is 954 g/mol. The lowest BCUT2D eigenvalue weighted by atomic mass is 9.97. The van der Waals surface area contributed by atoms with Gasteiger partial charge in [-0.05, 0) is 132 Å². The fraction of sp³-hybridized carbons (Fsp3) is 0.529. The highest BCUT2D eigenvalue weighted by atomic mass is 32.2. The first-order chi connectivity index (χ1) is 31.4. The van der Waals surface area contributed by atoms with E-state index in [2.05, 4.69) is 61.4 Å². The molecule has 1 unspecified atom stereocenters. The van der Waals surface area contributed by atoms with E-state index in [0.717, 1.165) is 32.4 Å². The Kier molecular flexibility index (Phi) is 15.9. The number of piperidine rings is 1. The molecule has 372 valence electrons. The lowest BCUT2D eigenvalue weighted by Crippen LogP contribution is -2.46. The molecular weight excluding hydrogens is 877 g/mol. The third kappa shape index (κ3) is 12.8. The number of anilines is 2. The van der Waals surface area contributed by atoms with Gasteiger partial charge in [0.25, 0.3) is 11.8 Å². The average Bonchev–Trinajstić information content (AvgIpc) is 3.70. The molecule has 3 aliphatic heterocycles. The van der Waals surface area contributed by atoms with Crippen LogP contribution in [0.1, 0.15) is 121 Å². The van der Waals surface area contributed by atoms with Gasteiger partial charge >= 0.3 is 0 Å². The fourth-order valence-corrected chi connectivity index (χ4v) is 10.7. The zero-order valence-electron chi connectivity index (χ0n) is 40.7. The van der Waals surface area contributed by atoms with Crippen LogP contribution in [0.2, 0.25) is 0 Å². The Bertz CT molecular complexity index is 2550. The van der Waals surface area contributed by atoms with E-state index < -0.39 is 38.7 Å². The van der Waals surface area contributed by atoms with Crippen molar-refractivity contribution in [2.75, 3.05) is 49.2 Å². The van der Waals surface area contributed by atoms with E-state index >= 15 is 0 Å². The largest absolute Gasteiger partial charge is 0.493 e. The summed E-state index contributed by atoms with van der Waals surface area (Å²) in [5.41, 5.74) is 7.89. The van der Waals surface area contributed by atoms with E-state index in [1.165, 1.54) is 24.3 Å². The molecule has 0 bridgehead atoms. The number of halogens is 2. The van der Waals surface area contributed by atoms with Crippen LogP contribution in [-0.2, 0) is 10.0 Å². The predicted molar refractivity (Wildman–Crippen MR) is 270 cm³/mol. The summed E-state index contributed by atoms with van der Waals surface area (Å²) < 4.78 is 68.5. The number of aromatic nitrogens is 2. The van der Waals surface area contributed by atoms with Crippen molar-refractivity contribution in [1.29, 1.82) is 0 Å². The molecule has 2 amide bonds. The van der Waals surface area contributed by atoms with Crippen LogP contribution >= 0.6 is 0 Å². The first-order valence-corrected chi connectivity index (χ1v) is 25.0. The van der Waals surface area contributed by atoms with Crippen molar-refractivity contribution < 1.29 is 42.0 Å². The topological polar surface area (TPSA) is 169 Å². The van der Waals surface area contributed by atoms with Crippen molar-refractivity contribution in [2.45, 2.75) is 111 Å². The van der Waals surface area contributed by atoms with E-state index in [9.17, 15) is 26.8 Å². The third-order valence-electron chi connectivity index (χ3n) is 12.3. The number of pyridine rings is 2. The third-order valence-corrected chi connectivity index (χ3v) is 14.1. The number of hydrogen-bond donors (Lipinski definition) is 3. The van der Waals surface area contributed by atoms with Gasteiger partial charge in [-0.3, -0.25) is 9.59 Å². The molecule has 3 fully saturated rings. The van der Waals surface area contributed by atoms with Crippen LogP contribution in [0.25, 0.3) is 22.5 Å². The molecule has 3 saturated heterocycles. The molecule has 4 aromatic rings. The number of ether oxygens (including phenoxy) is 2. The summed E-state index contributed by atoms with van der Waals surface area (Å²) >= 11 is 0. The minimum absolute atomic E-state index is 0. The van der Waals surface area contributed by atoms with Gasteiger partial charge in [-0.25, -0.2) is 31.9 Å². The number of carbonyl (C=O) groups excluding carboxylic acids is 2. The summed E-state index contributed by atoms with van der Waals surface area (Å²) in [5.74, 6) is 1.19. The van der Waals surface area contributed by atoms with Crippen molar-refractivity contribution in [3.8, 4) is 34.0 Å². The first kappa shape index (κ1) is 51.0. The van der Waals surface area contributed by atoms with Crippen molar-refractivity contribution in [2.24, 2.45) is 29.4 Å². The Morgan fingerprint density at radius 2 is 1.25 bits per heavy atom. The second-order valence-corrected chi connectivity index (χ2v) is 22.6. The van der Waals surface area contributed by atoms with Crippen molar-refractivity contribution in [3.05, 3.63) is 83.4 Å². The van der Waals surface area contributed by atoms with E-state index in [4.69, 9.17) is 25.2 Å². The molecular formula is C51H77F2N7O6S. The first-order valence-electron chi connectivity index (χ1n) is 23.4. The summed E-state index contributed by atoms with van der Waals surface area (Å²) in [6.07, 6.45) is 3.11. The molecule has 0 radical (unpaired) electrons. The normalized spacial score (nSPS) is 20.1. The number of sulfonamides is 1. The molecule has 67 heavy (non-hydrogen) atoms. The summed E-state index contributed by atoms with van der Waals surface area (Å²) in [7, 11) is -3.87. The van der Waals surface area contributed by atoms with Gasteiger partial charge in [0.15, 0.2) is 0 Å². The molecule has 4 N–H and O–H groups in total. The van der Waals surface area contributed by atoms with Gasteiger partial charge in [0, 0.05) is 59.7 Å². The zero-order valence-corrected chi connectivity index (χ0v) is 41.5. The molecule has 2 aromatic carbocycles. The summed E-state index contributed by atoms with van der Waals surface area (Å²) in [4.78, 5) is 39.3. The van der Waals surface area contributed by atoms with Gasteiger partial charge in [-0.15, -0.1) is 0 Å². The standard InChI is InChI=1S/C28H39FN4O4S.C23H30FN3O2.4H2/c1-18(2)17-37-22-12-20(11-21(29)13-22)25-9-8-24(26(31-25)33-16-19(3)14-28(33,4)5)27(34)32-38(35,36)23-7-6-10-30-15-23;1-14(2)13-29-18-9-16(8-17(24)10-18)20-7-6-19(21(25)28)22(26-20)27-12-15(3)11-23(27,4)5;;;;/h8-9,11-13,18-19,23,30H,6-7,10,14-17H2,1-5H3,(H,32,34);6-10,14-15H,11-13H2,1-5H3,(H2,25,28);4*1H/t19-,23?;15-;;;;/m00..../s1. The maximum atomic E-state index is 14.5. The van der Waals surface area contributed by atoms with E-state index in [0.29, 0.717) is 102 Å². The van der Waals surface area contributed by atoms with Crippen LogP contribution in [0.5, 0.6) is 11.5 Å². The molecule has 0 spiro atoms. The van der Waals surface area contributed by atoms with E-state index in [-0.39, 0.29) is 28.3 Å². The molecule has 2 aromatic heterocycles. The van der Waals surface area contributed by atoms with E-state index in [1.54, 1.807) is 36.4 Å². The van der Waals surface area contributed by atoms with Gasteiger partial charge in [0.2, 0.25) is 10.0 Å². The maximum absolute atomic E-state index is 14.5. The zero-order chi connectivity index (χ0) is 49.0. The Morgan fingerprint density at radius 1 is 0.791 bits per heavy atom. The number of benzene rings is 2. The Balaban J connectivity index is 0.000000475. The van der Waals surface area contributed by atoms with Crippen LogP contribution in [0.15, 0.2) is 60.7 Å². The molecule has 7 rings (SSSR count). The Labute approximate surface area is 401 Å². The van der Waals surface area contributed by atoms with Gasteiger partial charge in [-0.1, -0.05) is 41.5 Å². The highest BCUT2D eigenvalue weighted by Crippen LogP contribution is 2.40. The summed E-state index contributed by atoms with van der Waals surface area (Å²) in [5, 5.41) is 2.41. The van der Waals surface area contributed by atoms with Crippen molar-refractivity contribution in [3.63, 3.8) is 0 Å². The Hall–Kier alpha value is -5.35. The van der Waals surface area contributed by atoms with Crippen LogP contribution < -0.4 is 35.0 Å². The number of carbonyl (C=O) groups is 2. The Morgan fingerprint density at radius 3 is 1.66 bits per heavy atom. The average molecular weight is 954 g/mol. The number of nitrogens with zero attached hydrogens (tertiary/aromatic N) is 4. The summed E-state index contributed by atoms with van der Waals surface area (Å²) in [6.45, 7) is 24.3. The highest BCUT2D eigenvalue weighted by Gasteiger charge is 2.41. The van der Waals surface area contributed by atoms with Crippen LogP contribution in [0, 0.1) is 35.3 Å². The van der Waals surface area contributed by atoms with Crippen molar-refractivity contribution in [1.82, 2.24) is 20.0 Å². The van der Waals surface area contributed by atoms with Gasteiger partial charge < -0.3 is 30.3 Å². The molecule has 3 aliphatic rings. The van der Waals surface area contributed by atoms with Crippen LogP contribution in [-0.4, -0.2) is 85.9 Å². The van der Waals surface area contributed by atoms with E-state index in [1.807, 2.05) is 27.7 Å². The van der Waals surface area contributed by atoms with Gasteiger partial charge in [0.05, 0.1) is 41.0 Å². The number of nitrogens with two attached hydrogens (primary N) is 1. The number of primary amides is 1. The molecule has 0 aliphatic carbocycles. The van der Waals surface area contributed by atoms with Crippen LogP contribution in [0.3, 0.4) is 0 Å². The molecule has 16 heteroatoms. The van der Waals surface area contributed by atoms with Gasteiger partial charge in [0.1, 0.15) is 34.8 Å². The quantitative estimate of drug-likeness (QED) is 0.110. The second kappa shape index (κ2) is 20.9. The SMILES string of the molecule is CC(C)COc1cc(F)cc(-c2ccc(C(=O)NS(=O)(=O)C3CCCNC3)c(N3C[C@@H](C)CC3(C)C)n2)c1.CC(C)COc1cc(F)cc(-c2ccc(C(N)=O)c(N3C[C@@H](C)CC3(C)C)n2)c1.[HH].[HH].[HH].[HH]. The number of nitrogens with one attached hydrogen (secondary N) is 2. The minimum atomic E-state index is -3.87. The minimum Gasteiger partial charge on any atom is -0.493 e. The maximum Gasteiger partial charge on any atom is 0.268 e. The second-order valence-electron chi connectivity index (χ2n) is 20.7. The lowest BCUT2D eigenvalue weighted by Gasteiger charge is -2.34. The molecule has 5 heterocycles. The van der Waals surface area contributed by atoms with Crippen molar-refractivity contribution >= 4 is 33.5 Å². The smallest absolute Gasteiger partial charge is 0.268 e. The summed E-state index contributed by atoms with van der Waals surface area (Å²) in [6, 6.07) is 15.6. The highest BCUT2D eigenvalue weighted by molar-refractivity contribution is 7.90.